The molecule has 0 aromatic carbocycles. The van der Waals surface area contributed by atoms with E-state index < -0.39 is 6.03 Å². The average molecular weight is 337 g/mol. The molecule has 2 heterocycles. The Labute approximate surface area is 140 Å². The van der Waals surface area contributed by atoms with Crippen molar-refractivity contribution in [3.63, 3.8) is 0 Å². The monoisotopic (exact) mass is 337 g/mol. The molecule has 6 nitrogen and oxygen atoms in total. The second kappa shape index (κ2) is 7.59. The van der Waals surface area contributed by atoms with Gasteiger partial charge in [0.15, 0.2) is 0 Å². The molecule has 126 valence electrons. The molecule has 1 saturated heterocycles. The first-order chi connectivity index (χ1) is 11.0. The number of thiophene rings is 1. The number of imide groups is 1. The van der Waals surface area contributed by atoms with Gasteiger partial charge in [-0.25, -0.2) is 4.79 Å². The third-order valence-corrected chi connectivity index (χ3v) is 5.17. The van der Waals surface area contributed by atoms with Crippen LogP contribution >= 0.6 is 11.3 Å². The molecule has 0 aliphatic carbocycles. The van der Waals surface area contributed by atoms with Crippen LogP contribution in [0.15, 0.2) is 17.5 Å². The van der Waals surface area contributed by atoms with E-state index in [0.29, 0.717) is 5.92 Å². The molecule has 7 heteroatoms. The molecular weight excluding hydrogens is 314 g/mol. The van der Waals surface area contributed by atoms with Gasteiger partial charge in [0.25, 0.3) is 5.91 Å². The maximum Gasteiger partial charge on any atom is 0.327 e. The van der Waals surface area contributed by atoms with Gasteiger partial charge in [0, 0.05) is 11.9 Å². The summed E-state index contributed by atoms with van der Waals surface area (Å²) in [5.74, 6) is -0.305. The van der Waals surface area contributed by atoms with Crippen molar-refractivity contribution < 1.29 is 14.4 Å². The van der Waals surface area contributed by atoms with Crippen molar-refractivity contribution in [3.05, 3.63) is 22.4 Å². The summed E-state index contributed by atoms with van der Waals surface area (Å²) in [6, 6.07) is 3.47. The smallest absolute Gasteiger partial charge is 0.327 e. The minimum atomic E-state index is -0.416. The fraction of sp³-hybridized carbons (Fsp3) is 0.562. The minimum Gasteiger partial charge on any atom is -0.347 e. The standard InChI is InChI=1S/C16H23N3O3S/c1-4-11(5-2)15(12-7-6-8-23-12)17-13(20)9-19-14(21)10-18(3)16(19)22/h6-8,11,15H,4-5,9-10H2,1-3H3,(H,17,20)/t15-/m0/s1. The molecule has 1 aromatic heterocycles. The van der Waals surface area contributed by atoms with Crippen LogP contribution in [0.1, 0.15) is 37.6 Å². The summed E-state index contributed by atoms with van der Waals surface area (Å²) in [5, 5.41) is 5.00. The van der Waals surface area contributed by atoms with E-state index in [0.717, 1.165) is 22.6 Å². The van der Waals surface area contributed by atoms with E-state index in [2.05, 4.69) is 19.2 Å². The second-order valence-corrected chi connectivity index (χ2v) is 6.73. The number of rotatable bonds is 7. The third-order valence-electron chi connectivity index (χ3n) is 4.22. The highest BCUT2D eigenvalue weighted by Gasteiger charge is 2.35. The van der Waals surface area contributed by atoms with Crippen LogP contribution < -0.4 is 5.32 Å². The lowest BCUT2D eigenvalue weighted by Gasteiger charge is -2.26. The van der Waals surface area contributed by atoms with Gasteiger partial charge >= 0.3 is 6.03 Å². The third kappa shape index (κ3) is 3.90. The predicted octanol–water partition coefficient (Wildman–Crippen LogP) is 2.24. The van der Waals surface area contributed by atoms with E-state index in [1.807, 2.05) is 17.5 Å². The second-order valence-electron chi connectivity index (χ2n) is 5.76. The lowest BCUT2D eigenvalue weighted by Crippen LogP contribution is -2.43. The normalized spacial score (nSPS) is 16.3. The number of amides is 4. The van der Waals surface area contributed by atoms with E-state index in [4.69, 9.17) is 0 Å². The average Bonchev–Trinajstić information content (AvgIpc) is 3.12. The van der Waals surface area contributed by atoms with Crippen LogP contribution in [0.3, 0.4) is 0 Å². The number of hydrogen-bond donors (Lipinski definition) is 1. The molecule has 1 N–H and O–H groups in total. The topological polar surface area (TPSA) is 69.7 Å². The van der Waals surface area contributed by atoms with E-state index in [9.17, 15) is 14.4 Å². The van der Waals surface area contributed by atoms with E-state index in [1.54, 1.807) is 18.4 Å². The zero-order valence-corrected chi connectivity index (χ0v) is 14.6. The number of nitrogens with zero attached hydrogens (tertiary/aromatic N) is 2. The van der Waals surface area contributed by atoms with Crippen molar-refractivity contribution >= 4 is 29.2 Å². The summed E-state index contributed by atoms with van der Waals surface area (Å²) in [5.41, 5.74) is 0. The predicted molar refractivity (Wildman–Crippen MR) is 89.0 cm³/mol. The molecule has 23 heavy (non-hydrogen) atoms. The van der Waals surface area contributed by atoms with Gasteiger partial charge in [-0.3, -0.25) is 14.5 Å². The van der Waals surface area contributed by atoms with Crippen molar-refractivity contribution in [1.29, 1.82) is 0 Å². The molecule has 0 bridgehead atoms. The molecule has 1 aliphatic rings. The largest absolute Gasteiger partial charge is 0.347 e. The molecule has 1 aromatic rings. The van der Waals surface area contributed by atoms with Gasteiger partial charge in [-0.05, 0) is 17.4 Å². The molecule has 1 fully saturated rings. The van der Waals surface area contributed by atoms with Gasteiger partial charge in [-0.1, -0.05) is 32.8 Å². The fourth-order valence-electron chi connectivity index (χ4n) is 2.84. The van der Waals surface area contributed by atoms with Gasteiger partial charge < -0.3 is 10.2 Å². The number of nitrogens with one attached hydrogen (secondary N) is 1. The molecule has 0 spiro atoms. The van der Waals surface area contributed by atoms with Crippen molar-refractivity contribution in [1.82, 2.24) is 15.1 Å². The Morgan fingerprint density at radius 1 is 1.35 bits per heavy atom. The Morgan fingerprint density at radius 3 is 2.52 bits per heavy atom. The summed E-state index contributed by atoms with van der Waals surface area (Å²) in [6.07, 6.45) is 1.90. The van der Waals surface area contributed by atoms with Crippen LogP contribution in [-0.2, 0) is 9.59 Å². The molecule has 0 saturated carbocycles. The highest BCUT2D eigenvalue weighted by molar-refractivity contribution is 7.10. The van der Waals surface area contributed by atoms with Crippen molar-refractivity contribution in [2.75, 3.05) is 20.1 Å². The number of hydrogen-bond acceptors (Lipinski definition) is 4. The number of carbonyl (C=O) groups excluding carboxylic acids is 3. The Balaban J connectivity index is 2.06. The van der Waals surface area contributed by atoms with E-state index in [1.165, 1.54) is 4.90 Å². The molecule has 1 aliphatic heterocycles. The van der Waals surface area contributed by atoms with Crippen LogP contribution in [0.4, 0.5) is 4.79 Å². The first kappa shape index (κ1) is 17.5. The van der Waals surface area contributed by atoms with Crippen LogP contribution in [0.25, 0.3) is 0 Å². The number of likely N-dealkylation sites (N-methyl/N-ethyl adjacent to an activating group) is 1. The van der Waals surface area contributed by atoms with Gasteiger partial charge in [0.1, 0.15) is 13.1 Å². The zero-order chi connectivity index (χ0) is 17.0. The Kier molecular flexibility index (Phi) is 5.76. The SMILES string of the molecule is CCC(CC)[C@H](NC(=O)CN1C(=O)CN(C)C1=O)c1cccs1. The van der Waals surface area contributed by atoms with Crippen molar-refractivity contribution in [2.45, 2.75) is 32.7 Å². The van der Waals surface area contributed by atoms with E-state index in [-0.39, 0.29) is 30.9 Å². The summed E-state index contributed by atoms with van der Waals surface area (Å²) in [7, 11) is 1.55. The van der Waals surface area contributed by atoms with Gasteiger partial charge in [0.2, 0.25) is 5.91 Å². The highest BCUT2D eigenvalue weighted by atomic mass is 32.1. The summed E-state index contributed by atoms with van der Waals surface area (Å²) < 4.78 is 0. The molecule has 4 amide bonds. The number of urea groups is 1. The fourth-order valence-corrected chi connectivity index (χ4v) is 3.71. The quantitative estimate of drug-likeness (QED) is 0.776. The molecule has 2 rings (SSSR count). The van der Waals surface area contributed by atoms with Gasteiger partial charge in [-0.2, -0.15) is 0 Å². The lowest BCUT2D eigenvalue weighted by molar-refractivity contribution is -0.131. The summed E-state index contributed by atoms with van der Waals surface area (Å²) in [6.45, 7) is 4.02. The van der Waals surface area contributed by atoms with Crippen LogP contribution in [0.2, 0.25) is 0 Å². The first-order valence-electron chi connectivity index (χ1n) is 7.86. The molecule has 1 atom stereocenters. The zero-order valence-electron chi connectivity index (χ0n) is 13.7. The highest BCUT2D eigenvalue weighted by Crippen LogP contribution is 2.30. The van der Waals surface area contributed by atoms with Gasteiger partial charge in [0.05, 0.1) is 6.04 Å². The van der Waals surface area contributed by atoms with Crippen LogP contribution in [0.5, 0.6) is 0 Å². The Bertz CT molecular complexity index is 569. The minimum absolute atomic E-state index is 0.0347. The molecule has 0 unspecified atom stereocenters. The number of carbonyl (C=O) groups is 3. The first-order valence-corrected chi connectivity index (χ1v) is 8.74. The maximum atomic E-state index is 12.4. The van der Waals surface area contributed by atoms with Crippen molar-refractivity contribution in [3.8, 4) is 0 Å². The Morgan fingerprint density at radius 2 is 2.04 bits per heavy atom. The van der Waals surface area contributed by atoms with E-state index >= 15 is 0 Å². The van der Waals surface area contributed by atoms with Crippen LogP contribution in [0, 0.1) is 5.92 Å². The Hall–Kier alpha value is -1.89. The maximum absolute atomic E-state index is 12.4. The summed E-state index contributed by atoms with van der Waals surface area (Å²) >= 11 is 1.61. The lowest BCUT2D eigenvalue weighted by atomic mass is 9.93. The van der Waals surface area contributed by atoms with Gasteiger partial charge in [-0.15, -0.1) is 11.3 Å². The van der Waals surface area contributed by atoms with Crippen LogP contribution in [-0.4, -0.2) is 47.8 Å². The van der Waals surface area contributed by atoms with Crippen molar-refractivity contribution in [2.24, 2.45) is 5.92 Å². The molecular formula is C16H23N3O3S. The summed E-state index contributed by atoms with van der Waals surface area (Å²) in [4.78, 5) is 39.4. The molecule has 0 radical (unpaired) electrons.